The van der Waals surface area contributed by atoms with Gasteiger partial charge in [0.1, 0.15) is 0 Å². The molecule has 0 aromatic heterocycles. The number of aliphatic carboxylic acids is 4. The van der Waals surface area contributed by atoms with Gasteiger partial charge >= 0.3 is 23.9 Å². The Morgan fingerprint density at radius 2 is 0.391 bits per heavy atom. The van der Waals surface area contributed by atoms with Crippen molar-refractivity contribution in [1.82, 2.24) is 0 Å². The van der Waals surface area contributed by atoms with Crippen molar-refractivity contribution >= 4 is 23.9 Å². The molecular weight excluding hydrogens is 384 g/mol. The summed E-state index contributed by atoms with van der Waals surface area (Å²) < 4.78 is 0. The van der Waals surface area contributed by atoms with Gasteiger partial charge in [0.15, 0.2) is 0 Å². The van der Waals surface area contributed by atoms with Crippen molar-refractivity contribution in [1.29, 1.82) is 0 Å². The van der Waals surface area contributed by atoms with Crippen LogP contribution in [0.3, 0.4) is 0 Å². The van der Waals surface area contributed by atoms with E-state index >= 15 is 0 Å². The molecule has 24 N–H and O–H groups in total. The fourth-order valence-electron chi connectivity index (χ4n) is 0. The van der Waals surface area contributed by atoms with Crippen LogP contribution in [0.5, 0.6) is 0 Å². The molecule has 19 heteroatoms. The number of carboxylic acid groups (broad SMARTS) is 4. The Hall–Kier alpha value is -1.81. The average molecular weight is 408 g/mol. The molecule has 0 atom stereocenters. The fourth-order valence-corrected chi connectivity index (χ4v) is 0. The van der Waals surface area contributed by atoms with Crippen molar-refractivity contribution in [2.24, 2.45) is 0 Å². The van der Waals surface area contributed by atoms with E-state index in [0.29, 0.717) is 0 Å². The molecule has 0 radical (unpaired) electrons. The summed E-state index contributed by atoms with van der Waals surface area (Å²) in [6, 6.07) is 0. The van der Waals surface area contributed by atoms with Crippen molar-refractivity contribution in [3.8, 4) is 0 Å². The smallest absolute Gasteiger partial charge is 0.414 e. The molecule has 0 bridgehead atoms. The number of carbonyl (C=O) groups is 4. The Kier molecular flexibility index (Phi) is 401. The first kappa shape index (κ1) is 129. The summed E-state index contributed by atoms with van der Waals surface area (Å²) in [6.45, 7) is 0. The zero-order valence-corrected chi connectivity index (χ0v) is 12.5. The average Bonchev–Trinajstić information content (AvgIpc) is 1.88. The van der Waals surface area contributed by atoms with E-state index in [1.54, 1.807) is 0 Å². The Bertz CT molecular complexity index is 177. The molecule has 23 heavy (non-hydrogen) atoms. The number of hydrogen-bond donors (Lipinski definition) is 4. The van der Waals surface area contributed by atoms with Crippen LogP contribution in [0, 0.1) is 0 Å². The van der Waals surface area contributed by atoms with Crippen LogP contribution in [-0.4, -0.2) is 99.1 Å². The summed E-state index contributed by atoms with van der Waals surface area (Å²) in [6.07, 6.45) is 0. The van der Waals surface area contributed by atoms with Crippen LogP contribution >= 0.6 is 0 Å². The summed E-state index contributed by atoms with van der Waals surface area (Å²) >= 11 is 0. The van der Waals surface area contributed by atoms with Crippen LogP contribution < -0.4 is 0 Å². The minimum absolute atomic E-state index is 0. The van der Waals surface area contributed by atoms with Gasteiger partial charge in [0.05, 0.1) is 0 Å². The zero-order valence-electron chi connectivity index (χ0n) is 10.9. The van der Waals surface area contributed by atoms with E-state index in [1.165, 1.54) is 0 Å². The maximum atomic E-state index is 9.10. The van der Waals surface area contributed by atoms with Crippen molar-refractivity contribution in [3.05, 3.63) is 0 Å². The van der Waals surface area contributed by atoms with Gasteiger partial charge in [-0.05, 0) is 0 Å². The summed E-state index contributed by atoms with van der Waals surface area (Å²) in [5.41, 5.74) is 0. The molecule has 0 heterocycles. The van der Waals surface area contributed by atoms with Gasteiger partial charge in [-0.15, -0.1) is 0 Å². The van der Waals surface area contributed by atoms with E-state index in [2.05, 4.69) is 0 Å². The van der Waals surface area contributed by atoms with Crippen LogP contribution in [0.2, 0.25) is 0 Å². The maximum absolute atomic E-state index is 9.10. The van der Waals surface area contributed by atoms with Crippen LogP contribution in [-0.2, 0) is 40.9 Å². The summed E-state index contributed by atoms with van der Waals surface area (Å²) in [7, 11) is 0. The topological polar surface area (TPSA) is 464 Å². The first-order valence-electron chi connectivity index (χ1n) is 2.21. The van der Waals surface area contributed by atoms with Crippen LogP contribution in [0.15, 0.2) is 0 Å². The van der Waals surface area contributed by atoms with Gasteiger partial charge in [-0.3, -0.25) is 0 Å². The third-order valence-electron chi connectivity index (χ3n) is 0.366. The first-order valence-corrected chi connectivity index (χ1v) is 2.21. The van der Waals surface area contributed by atoms with Gasteiger partial charge < -0.3 is 75.2 Å². The maximum Gasteiger partial charge on any atom is 0.414 e. The van der Waals surface area contributed by atoms with Gasteiger partial charge in [-0.1, -0.05) is 0 Å². The molecule has 0 aromatic rings. The second-order valence-electron chi connectivity index (χ2n) is 1.22. The zero-order chi connectivity index (χ0) is 10.3. The number of carboxylic acids is 4. The Balaban J connectivity index is -0.00000000535. The van der Waals surface area contributed by atoms with Crippen molar-refractivity contribution in [3.63, 3.8) is 0 Å². The van der Waals surface area contributed by atoms with E-state index in [9.17, 15) is 0 Å². The van der Waals surface area contributed by atoms with E-state index in [-0.39, 0.29) is 76.5 Å². The summed E-state index contributed by atoms with van der Waals surface area (Å²) in [4.78, 5) is 36.4. The summed E-state index contributed by atoms with van der Waals surface area (Å²) in [5, 5.41) is 29.6. The minimum Gasteiger partial charge on any atom is -0.473 e. The SMILES string of the molecule is O.O.O.O.O.O.O.O.O.O.O=C(O)C(=O)O.O=C(O)C(=O)O.[Ti]. The molecule has 152 valence electrons. The van der Waals surface area contributed by atoms with Crippen molar-refractivity contribution < 1.29 is 116 Å². The Morgan fingerprint density at radius 1 is 0.348 bits per heavy atom. The van der Waals surface area contributed by atoms with Crippen LogP contribution in [0.4, 0.5) is 0 Å². The second kappa shape index (κ2) is 71.6. The van der Waals surface area contributed by atoms with Gasteiger partial charge in [0.25, 0.3) is 0 Å². The van der Waals surface area contributed by atoms with Gasteiger partial charge in [-0.2, -0.15) is 0 Å². The fraction of sp³-hybridized carbons (Fsp3) is 0. The van der Waals surface area contributed by atoms with Crippen molar-refractivity contribution in [2.75, 3.05) is 0 Å². The third-order valence-corrected chi connectivity index (χ3v) is 0.366. The molecule has 0 aromatic carbocycles. The van der Waals surface area contributed by atoms with Gasteiger partial charge in [0.2, 0.25) is 0 Å². The monoisotopic (exact) mass is 408 g/mol. The van der Waals surface area contributed by atoms with E-state index in [0.717, 1.165) is 0 Å². The predicted octanol–water partition coefficient (Wildman–Crippen LogP) is -9.94. The molecule has 0 saturated carbocycles. The third kappa shape index (κ3) is 174. The van der Waals surface area contributed by atoms with Gasteiger partial charge in [-0.25, -0.2) is 19.2 Å². The molecule has 0 aliphatic heterocycles. The molecule has 18 nitrogen and oxygen atoms in total. The first-order chi connectivity index (χ1) is 5.29. The molecule has 0 aliphatic rings. The molecule has 0 fully saturated rings. The van der Waals surface area contributed by atoms with E-state index < -0.39 is 23.9 Å². The van der Waals surface area contributed by atoms with Crippen LogP contribution in [0.1, 0.15) is 0 Å². The minimum atomic E-state index is -1.82. The largest absolute Gasteiger partial charge is 0.473 e. The molecule has 0 unspecified atom stereocenters. The predicted molar refractivity (Wildman–Crippen MR) is 66.7 cm³/mol. The van der Waals surface area contributed by atoms with Crippen LogP contribution in [0.25, 0.3) is 0 Å². The molecule has 0 spiro atoms. The number of hydrogen-bond acceptors (Lipinski definition) is 4. The molecule has 0 aliphatic carbocycles. The molecule has 0 saturated heterocycles. The molecule has 0 rings (SSSR count). The Morgan fingerprint density at radius 3 is 0.391 bits per heavy atom. The normalized spacial score (nSPS) is 3.83. The van der Waals surface area contributed by atoms with E-state index in [4.69, 9.17) is 39.6 Å². The quantitative estimate of drug-likeness (QED) is 0.219. The summed E-state index contributed by atoms with van der Waals surface area (Å²) in [5.74, 6) is -7.30. The second-order valence-corrected chi connectivity index (χ2v) is 1.22. The molecular formula is C4H24O18Ti. The standard InChI is InChI=1S/2C2H2O4.10H2O.Ti/c2*3-1(4)2(5)6;;;;;;;;;;;/h2*(H,3,4)(H,5,6);10*1H2;. The van der Waals surface area contributed by atoms with E-state index in [1.807, 2.05) is 0 Å². The van der Waals surface area contributed by atoms with Crippen molar-refractivity contribution in [2.45, 2.75) is 0 Å². The molecule has 0 amide bonds. The number of rotatable bonds is 0. The Labute approximate surface area is 140 Å². The van der Waals surface area contributed by atoms with Gasteiger partial charge in [0, 0.05) is 21.7 Å².